The van der Waals surface area contributed by atoms with Crippen LogP contribution in [0.5, 0.6) is 0 Å². The maximum absolute atomic E-state index is 13.1. The van der Waals surface area contributed by atoms with Gasteiger partial charge in [-0.05, 0) is 50.9 Å². The molecule has 1 amide bonds. The molecule has 3 rings (SSSR count). The third-order valence-corrected chi connectivity index (χ3v) is 5.81. The highest BCUT2D eigenvalue weighted by Gasteiger charge is 2.28. The highest BCUT2D eigenvalue weighted by Crippen LogP contribution is 2.26. The average molecular weight is 344 g/mol. The van der Waals surface area contributed by atoms with E-state index in [2.05, 4.69) is 35.2 Å². The van der Waals surface area contributed by atoms with E-state index >= 15 is 0 Å². The van der Waals surface area contributed by atoms with Gasteiger partial charge in [-0.2, -0.15) is 0 Å². The van der Waals surface area contributed by atoms with Gasteiger partial charge in [-0.3, -0.25) is 4.79 Å². The molecule has 0 bridgehead atoms. The van der Waals surface area contributed by atoms with E-state index in [-0.39, 0.29) is 5.91 Å². The second-order valence-electron chi connectivity index (χ2n) is 7.79. The molecule has 1 aliphatic heterocycles. The summed E-state index contributed by atoms with van der Waals surface area (Å²) in [4.78, 5) is 17.5. The van der Waals surface area contributed by atoms with E-state index in [0.717, 1.165) is 43.9 Å². The minimum Gasteiger partial charge on any atom is -0.382 e. The van der Waals surface area contributed by atoms with Crippen molar-refractivity contribution in [1.29, 1.82) is 0 Å². The normalized spacial score (nSPS) is 21.7. The molecular weight excluding hydrogens is 310 g/mol. The van der Waals surface area contributed by atoms with Gasteiger partial charge in [0.2, 0.25) is 0 Å². The van der Waals surface area contributed by atoms with Crippen LogP contribution < -0.4 is 5.32 Å². The zero-order valence-electron chi connectivity index (χ0n) is 15.8. The maximum Gasteiger partial charge on any atom is 0.255 e. The van der Waals surface area contributed by atoms with E-state index in [1.165, 1.54) is 32.1 Å². The van der Waals surface area contributed by atoms with Crippen LogP contribution in [-0.2, 0) is 0 Å². The number of amides is 1. The highest BCUT2D eigenvalue weighted by molar-refractivity contribution is 5.99. The van der Waals surface area contributed by atoms with Gasteiger partial charge in [0, 0.05) is 31.4 Å². The molecule has 1 N–H and O–H groups in total. The number of nitrogens with one attached hydrogen (secondary N) is 1. The molecule has 1 atom stereocenters. The number of carbonyl (C=O) groups is 1. The Morgan fingerprint density at radius 1 is 1.20 bits per heavy atom. The molecule has 0 aromatic heterocycles. The molecule has 1 saturated carbocycles. The molecule has 0 unspecified atom stereocenters. The van der Waals surface area contributed by atoms with Gasteiger partial charge in [-0.25, -0.2) is 0 Å². The molecule has 1 aliphatic carbocycles. The highest BCUT2D eigenvalue weighted by atomic mass is 16.2. The zero-order chi connectivity index (χ0) is 17.6. The van der Waals surface area contributed by atoms with E-state index in [1.54, 1.807) is 0 Å². The summed E-state index contributed by atoms with van der Waals surface area (Å²) < 4.78 is 0. The first kappa shape index (κ1) is 18.2. The Bertz CT molecular complexity index is 568. The molecule has 1 aromatic rings. The van der Waals surface area contributed by atoms with Crippen molar-refractivity contribution in [1.82, 2.24) is 9.80 Å². The van der Waals surface area contributed by atoms with Crippen LogP contribution in [0, 0.1) is 5.92 Å². The summed E-state index contributed by atoms with van der Waals surface area (Å²) in [5.74, 6) is 0.799. The van der Waals surface area contributed by atoms with Crippen LogP contribution >= 0.6 is 0 Å². The standard InChI is InChI=1S/C21H33N3O/c1-3-23(2)15-17-13-14-24(16-17)21(25)19-11-7-8-12-20(19)22-18-9-5-4-6-10-18/h7-8,11-12,17-18,22H,3-6,9-10,13-16H2,1-2H3/t17-/m1/s1. The fourth-order valence-corrected chi connectivity index (χ4v) is 4.17. The number of hydrogen-bond acceptors (Lipinski definition) is 3. The van der Waals surface area contributed by atoms with Crippen molar-refractivity contribution in [2.24, 2.45) is 5.92 Å². The second-order valence-corrected chi connectivity index (χ2v) is 7.79. The van der Waals surface area contributed by atoms with Crippen molar-refractivity contribution in [2.45, 2.75) is 51.5 Å². The number of hydrogen-bond donors (Lipinski definition) is 1. The van der Waals surface area contributed by atoms with Gasteiger partial charge in [-0.1, -0.05) is 38.3 Å². The van der Waals surface area contributed by atoms with Gasteiger partial charge in [0.25, 0.3) is 5.91 Å². The average Bonchev–Trinajstić information content (AvgIpc) is 3.11. The molecule has 4 nitrogen and oxygen atoms in total. The number of nitrogens with zero attached hydrogens (tertiary/aromatic N) is 2. The van der Waals surface area contributed by atoms with Gasteiger partial charge >= 0.3 is 0 Å². The van der Waals surface area contributed by atoms with Crippen molar-refractivity contribution in [2.75, 3.05) is 38.5 Å². The van der Waals surface area contributed by atoms with Crippen LogP contribution in [0.25, 0.3) is 0 Å². The van der Waals surface area contributed by atoms with E-state index in [0.29, 0.717) is 12.0 Å². The fourth-order valence-electron chi connectivity index (χ4n) is 4.17. The maximum atomic E-state index is 13.1. The Hall–Kier alpha value is -1.55. The van der Waals surface area contributed by atoms with Crippen molar-refractivity contribution < 1.29 is 4.79 Å². The van der Waals surface area contributed by atoms with Crippen LogP contribution in [0.4, 0.5) is 5.69 Å². The molecule has 2 aliphatic rings. The van der Waals surface area contributed by atoms with E-state index in [4.69, 9.17) is 0 Å². The summed E-state index contributed by atoms with van der Waals surface area (Å²) in [6, 6.07) is 8.59. The molecule has 4 heteroatoms. The predicted molar refractivity (Wildman–Crippen MR) is 104 cm³/mol. The van der Waals surface area contributed by atoms with E-state index < -0.39 is 0 Å². The molecule has 25 heavy (non-hydrogen) atoms. The number of para-hydroxylation sites is 1. The summed E-state index contributed by atoms with van der Waals surface area (Å²) in [6.07, 6.45) is 7.50. The summed E-state index contributed by atoms with van der Waals surface area (Å²) in [5.41, 5.74) is 1.87. The summed E-state index contributed by atoms with van der Waals surface area (Å²) in [7, 11) is 2.16. The van der Waals surface area contributed by atoms with Crippen LogP contribution in [0.3, 0.4) is 0 Å². The first-order chi connectivity index (χ1) is 12.2. The van der Waals surface area contributed by atoms with Crippen LogP contribution in [0.1, 0.15) is 55.8 Å². The van der Waals surface area contributed by atoms with Crippen molar-refractivity contribution in [3.8, 4) is 0 Å². The number of rotatable bonds is 6. The van der Waals surface area contributed by atoms with Crippen molar-refractivity contribution in [3.05, 3.63) is 29.8 Å². The summed E-state index contributed by atoms with van der Waals surface area (Å²) >= 11 is 0. The largest absolute Gasteiger partial charge is 0.382 e. The minimum atomic E-state index is 0.195. The number of carbonyl (C=O) groups excluding carboxylic acids is 1. The van der Waals surface area contributed by atoms with Crippen LogP contribution in [0.2, 0.25) is 0 Å². The minimum absolute atomic E-state index is 0.195. The molecule has 0 spiro atoms. The van der Waals surface area contributed by atoms with Gasteiger partial charge < -0.3 is 15.1 Å². The second kappa shape index (κ2) is 8.70. The lowest BCUT2D eigenvalue weighted by atomic mass is 9.95. The summed E-state index contributed by atoms with van der Waals surface area (Å²) in [6.45, 7) is 6.12. The first-order valence-electron chi connectivity index (χ1n) is 10.0. The lowest BCUT2D eigenvalue weighted by molar-refractivity contribution is 0.0785. The number of anilines is 1. The summed E-state index contributed by atoms with van der Waals surface area (Å²) in [5, 5.41) is 3.65. The Kier molecular flexibility index (Phi) is 6.35. The zero-order valence-corrected chi connectivity index (χ0v) is 15.8. The van der Waals surface area contributed by atoms with Crippen molar-refractivity contribution >= 4 is 11.6 Å². The lowest BCUT2D eigenvalue weighted by Gasteiger charge is -2.26. The Labute approximate surface area is 152 Å². The van der Waals surface area contributed by atoms with E-state index in [1.807, 2.05) is 18.2 Å². The molecule has 138 valence electrons. The van der Waals surface area contributed by atoms with Crippen LogP contribution in [-0.4, -0.2) is 55.0 Å². The topological polar surface area (TPSA) is 35.6 Å². The Morgan fingerprint density at radius 2 is 1.96 bits per heavy atom. The van der Waals surface area contributed by atoms with Gasteiger partial charge in [0.05, 0.1) is 5.56 Å². The van der Waals surface area contributed by atoms with E-state index in [9.17, 15) is 4.79 Å². The fraction of sp³-hybridized carbons (Fsp3) is 0.667. The lowest BCUT2D eigenvalue weighted by Crippen LogP contribution is -2.32. The Balaban J connectivity index is 1.64. The van der Waals surface area contributed by atoms with Gasteiger partial charge in [0.15, 0.2) is 0 Å². The molecule has 1 saturated heterocycles. The third kappa shape index (κ3) is 4.75. The predicted octanol–water partition coefficient (Wildman–Crippen LogP) is 3.85. The van der Waals surface area contributed by atoms with Gasteiger partial charge in [-0.15, -0.1) is 0 Å². The molecular formula is C21H33N3O. The quantitative estimate of drug-likeness (QED) is 0.852. The third-order valence-electron chi connectivity index (χ3n) is 5.81. The number of likely N-dealkylation sites (tertiary alicyclic amines) is 1. The molecule has 1 heterocycles. The van der Waals surface area contributed by atoms with Crippen LogP contribution in [0.15, 0.2) is 24.3 Å². The first-order valence-corrected chi connectivity index (χ1v) is 10.0. The number of benzene rings is 1. The van der Waals surface area contributed by atoms with Crippen molar-refractivity contribution in [3.63, 3.8) is 0 Å². The molecule has 1 aromatic carbocycles. The molecule has 2 fully saturated rings. The molecule has 0 radical (unpaired) electrons. The SMILES string of the molecule is CCN(C)C[C@H]1CCN(C(=O)c2ccccc2NC2CCCCC2)C1. The smallest absolute Gasteiger partial charge is 0.255 e. The Morgan fingerprint density at radius 3 is 2.72 bits per heavy atom. The monoisotopic (exact) mass is 343 g/mol. The van der Waals surface area contributed by atoms with Gasteiger partial charge in [0.1, 0.15) is 0 Å².